The van der Waals surface area contributed by atoms with Crippen molar-refractivity contribution in [2.75, 3.05) is 0 Å². The maximum Gasteiger partial charge on any atom is 0.375 e. The summed E-state index contributed by atoms with van der Waals surface area (Å²) in [5, 5.41) is 8.36. The van der Waals surface area contributed by atoms with Crippen LogP contribution in [0.1, 0.15) is 46.5 Å². The predicted molar refractivity (Wildman–Crippen MR) is 57.0 cm³/mol. The van der Waals surface area contributed by atoms with Crippen molar-refractivity contribution in [2.45, 2.75) is 52.1 Å². The van der Waals surface area contributed by atoms with Gasteiger partial charge in [0.05, 0.1) is 6.42 Å². The third-order valence-electron chi connectivity index (χ3n) is 2.01. The van der Waals surface area contributed by atoms with Gasteiger partial charge in [-0.25, -0.2) is 4.79 Å². The van der Waals surface area contributed by atoms with E-state index in [9.17, 15) is 14.4 Å². The van der Waals surface area contributed by atoms with Gasteiger partial charge in [-0.05, 0) is 20.3 Å². The zero-order valence-corrected chi connectivity index (χ0v) is 9.91. The number of carbonyl (C=O) groups is 3. The highest BCUT2D eigenvalue weighted by atomic mass is 16.6. The van der Waals surface area contributed by atoms with Crippen molar-refractivity contribution < 1.29 is 24.2 Å². The summed E-state index contributed by atoms with van der Waals surface area (Å²) < 4.78 is 4.99. The second-order valence-corrected chi connectivity index (χ2v) is 4.22. The van der Waals surface area contributed by atoms with Crippen LogP contribution in [-0.4, -0.2) is 28.4 Å². The van der Waals surface area contributed by atoms with Gasteiger partial charge in [-0.1, -0.05) is 13.3 Å². The standard InChI is InChI=1S/C11H18O5/c1-4-7-11(2,3)16-10(15)8(12)5-6-9(13)14/h4-7H2,1-3H3,(H,13,14). The first-order chi connectivity index (χ1) is 7.28. The first-order valence-electron chi connectivity index (χ1n) is 5.26. The molecule has 0 aliphatic heterocycles. The van der Waals surface area contributed by atoms with Crippen LogP contribution in [0, 0.1) is 0 Å². The number of ether oxygens (including phenoxy) is 1. The summed E-state index contributed by atoms with van der Waals surface area (Å²) >= 11 is 0. The Labute approximate surface area is 94.8 Å². The molecule has 0 atom stereocenters. The van der Waals surface area contributed by atoms with E-state index in [4.69, 9.17) is 9.84 Å². The lowest BCUT2D eigenvalue weighted by Crippen LogP contribution is -2.31. The van der Waals surface area contributed by atoms with Crippen molar-refractivity contribution >= 4 is 17.7 Å². The number of rotatable bonds is 7. The molecule has 92 valence electrons. The predicted octanol–water partition coefficient (Wildman–Crippen LogP) is 1.54. The number of Topliss-reactive ketones (excluding diaryl/α,β-unsaturated/α-hetero) is 1. The topological polar surface area (TPSA) is 80.7 Å². The van der Waals surface area contributed by atoms with Crippen molar-refractivity contribution in [1.82, 2.24) is 0 Å². The Balaban J connectivity index is 4.14. The minimum Gasteiger partial charge on any atom is -0.481 e. The van der Waals surface area contributed by atoms with Crippen molar-refractivity contribution in [1.29, 1.82) is 0 Å². The van der Waals surface area contributed by atoms with E-state index in [2.05, 4.69) is 0 Å². The Bertz CT molecular complexity index is 280. The fourth-order valence-corrected chi connectivity index (χ4v) is 1.28. The number of carboxylic acid groups (broad SMARTS) is 1. The molecule has 0 fully saturated rings. The fourth-order valence-electron chi connectivity index (χ4n) is 1.28. The number of carbonyl (C=O) groups excluding carboxylic acids is 2. The molecule has 0 unspecified atom stereocenters. The van der Waals surface area contributed by atoms with Gasteiger partial charge in [-0.2, -0.15) is 0 Å². The Hall–Kier alpha value is -1.39. The van der Waals surface area contributed by atoms with Crippen LogP contribution in [0.15, 0.2) is 0 Å². The van der Waals surface area contributed by atoms with Gasteiger partial charge in [0.25, 0.3) is 0 Å². The van der Waals surface area contributed by atoms with Crippen molar-refractivity contribution in [3.05, 3.63) is 0 Å². The minimum atomic E-state index is -1.10. The molecule has 0 spiro atoms. The van der Waals surface area contributed by atoms with Gasteiger partial charge < -0.3 is 9.84 Å². The lowest BCUT2D eigenvalue weighted by atomic mass is 10.0. The van der Waals surface area contributed by atoms with E-state index in [0.29, 0.717) is 6.42 Å². The quantitative estimate of drug-likeness (QED) is 0.530. The van der Waals surface area contributed by atoms with Crippen LogP contribution in [-0.2, 0) is 19.1 Å². The zero-order chi connectivity index (χ0) is 12.8. The summed E-state index contributed by atoms with van der Waals surface area (Å²) in [5.74, 6) is -2.83. The highest BCUT2D eigenvalue weighted by Crippen LogP contribution is 2.17. The second kappa shape index (κ2) is 6.25. The molecule has 0 aromatic rings. The number of carboxylic acids is 1. The van der Waals surface area contributed by atoms with Gasteiger partial charge in [0.1, 0.15) is 5.60 Å². The summed E-state index contributed by atoms with van der Waals surface area (Å²) in [6.45, 7) is 5.39. The van der Waals surface area contributed by atoms with Gasteiger partial charge in [0.2, 0.25) is 5.78 Å². The van der Waals surface area contributed by atoms with Crippen molar-refractivity contribution in [3.8, 4) is 0 Å². The monoisotopic (exact) mass is 230 g/mol. The first-order valence-corrected chi connectivity index (χ1v) is 5.26. The normalized spacial score (nSPS) is 10.9. The fraction of sp³-hybridized carbons (Fsp3) is 0.727. The van der Waals surface area contributed by atoms with E-state index in [0.717, 1.165) is 6.42 Å². The molecule has 16 heavy (non-hydrogen) atoms. The van der Waals surface area contributed by atoms with Crippen LogP contribution in [0.4, 0.5) is 0 Å². The first kappa shape index (κ1) is 14.6. The maximum absolute atomic E-state index is 11.3. The van der Waals surface area contributed by atoms with E-state index in [1.54, 1.807) is 13.8 Å². The lowest BCUT2D eigenvalue weighted by Gasteiger charge is -2.23. The average Bonchev–Trinajstić information content (AvgIpc) is 2.12. The summed E-state index contributed by atoms with van der Waals surface area (Å²) in [7, 11) is 0. The van der Waals surface area contributed by atoms with Crippen LogP contribution in [0.5, 0.6) is 0 Å². The number of hydrogen-bond acceptors (Lipinski definition) is 4. The third kappa shape index (κ3) is 6.16. The third-order valence-corrected chi connectivity index (χ3v) is 2.01. The molecule has 1 N–H and O–H groups in total. The van der Waals surface area contributed by atoms with E-state index in [-0.39, 0.29) is 12.8 Å². The van der Waals surface area contributed by atoms with Crippen LogP contribution < -0.4 is 0 Å². The molecule has 0 bridgehead atoms. The Morgan fingerprint density at radius 1 is 1.19 bits per heavy atom. The van der Waals surface area contributed by atoms with Crippen LogP contribution in [0.25, 0.3) is 0 Å². The number of aliphatic carboxylic acids is 1. The molecule has 0 rings (SSSR count). The summed E-state index contributed by atoms with van der Waals surface area (Å²) in [4.78, 5) is 32.7. The molecule has 0 heterocycles. The highest BCUT2D eigenvalue weighted by molar-refractivity contribution is 6.33. The van der Waals surface area contributed by atoms with Crippen LogP contribution >= 0.6 is 0 Å². The number of hydrogen-bond donors (Lipinski definition) is 1. The SMILES string of the molecule is CCCC(C)(C)OC(=O)C(=O)CCC(=O)O. The van der Waals surface area contributed by atoms with Gasteiger partial charge in [0, 0.05) is 6.42 Å². The summed E-state index contributed by atoms with van der Waals surface area (Å²) in [6.07, 6.45) is 0.840. The van der Waals surface area contributed by atoms with Crippen LogP contribution in [0.3, 0.4) is 0 Å². The molecular weight excluding hydrogens is 212 g/mol. The lowest BCUT2D eigenvalue weighted by molar-refractivity contribution is -0.164. The summed E-state index contributed by atoms with van der Waals surface area (Å²) in [5.41, 5.74) is -0.676. The van der Waals surface area contributed by atoms with E-state index in [1.807, 2.05) is 6.92 Å². The molecule has 0 aromatic carbocycles. The van der Waals surface area contributed by atoms with Gasteiger partial charge >= 0.3 is 11.9 Å². The molecule has 0 aromatic heterocycles. The van der Waals surface area contributed by atoms with Crippen molar-refractivity contribution in [2.24, 2.45) is 0 Å². The number of ketones is 1. The highest BCUT2D eigenvalue weighted by Gasteiger charge is 2.26. The maximum atomic E-state index is 11.3. The summed E-state index contributed by atoms with van der Waals surface area (Å²) in [6, 6.07) is 0. The van der Waals surface area contributed by atoms with Crippen molar-refractivity contribution in [3.63, 3.8) is 0 Å². The van der Waals surface area contributed by atoms with E-state index >= 15 is 0 Å². The Morgan fingerprint density at radius 3 is 2.19 bits per heavy atom. The molecule has 0 aliphatic carbocycles. The molecule has 0 radical (unpaired) electrons. The molecule has 5 heteroatoms. The second-order valence-electron chi connectivity index (χ2n) is 4.22. The van der Waals surface area contributed by atoms with Crippen LogP contribution in [0.2, 0.25) is 0 Å². The van der Waals surface area contributed by atoms with Gasteiger partial charge in [-0.15, -0.1) is 0 Å². The van der Waals surface area contributed by atoms with Gasteiger partial charge in [0.15, 0.2) is 0 Å². The molecule has 0 amide bonds. The van der Waals surface area contributed by atoms with Gasteiger partial charge in [-0.3, -0.25) is 9.59 Å². The molecule has 0 aliphatic rings. The Morgan fingerprint density at radius 2 is 1.75 bits per heavy atom. The minimum absolute atomic E-state index is 0.309. The van der Waals surface area contributed by atoms with E-state index in [1.165, 1.54) is 0 Å². The largest absolute Gasteiger partial charge is 0.481 e. The molecular formula is C11H18O5. The average molecular weight is 230 g/mol. The number of esters is 1. The molecule has 0 saturated carbocycles. The van der Waals surface area contributed by atoms with E-state index < -0.39 is 23.3 Å². The zero-order valence-electron chi connectivity index (χ0n) is 9.91. The molecule has 0 saturated heterocycles. The smallest absolute Gasteiger partial charge is 0.375 e. The Kier molecular flexibility index (Phi) is 5.71. The molecule has 5 nitrogen and oxygen atoms in total.